The minimum Gasteiger partial charge on any atom is -0.486 e. The van der Waals surface area contributed by atoms with E-state index in [1.165, 1.54) is 13.0 Å². The lowest BCUT2D eigenvalue weighted by molar-refractivity contribution is -0.122. The van der Waals surface area contributed by atoms with Crippen LogP contribution in [-0.2, 0) is 14.8 Å². The van der Waals surface area contributed by atoms with Crippen molar-refractivity contribution in [3.63, 3.8) is 0 Å². The minimum atomic E-state index is -3.71. The van der Waals surface area contributed by atoms with Crippen LogP contribution < -0.4 is 19.1 Å². The van der Waals surface area contributed by atoms with Gasteiger partial charge in [-0.1, -0.05) is 23.7 Å². The first kappa shape index (κ1) is 21.3. The Hall–Kier alpha value is -2.45. The number of sulfonamides is 1. The highest BCUT2D eigenvalue weighted by molar-refractivity contribution is 7.92. The number of hydrogen-bond donors (Lipinski definition) is 1. The molecule has 2 aromatic rings. The number of rotatable bonds is 6. The van der Waals surface area contributed by atoms with Crippen LogP contribution in [0.3, 0.4) is 0 Å². The Morgan fingerprint density at radius 3 is 2.45 bits per heavy atom. The largest absolute Gasteiger partial charge is 0.486 e. The van der Waals surface area contributed by atoms with E-state index in [4.69, 9.17) is 21.1 Å². The second-order valence-electron chi connectivity index (χ2n) is 6.85. The molecule has 0 aromatic heterocycles. The van der Waals surface area contributed by atoms with Crippen LogP contribution in [0.2, 0.25) is 5.02 Å². The lowest BCUT2D eigenvalue weighted by Crippen LogP contribution is -2.48. The Bertz CT molecular complexity index is 1010. The molecule has 29 heavy (non-hydrogen) atoms. The van der Waals surface area contributed by atoms with E-state index in [1.54, 1.807) is 24.3 Å². The number of nitrogens with one attached hydrogen (secondary N) is 1. The van der Waals surface area contributed by atoms with Gasteiger partial charge in [0, 0.05) is 5.02 Å². The van der Waals surface area contributed by atoms with Crippen molar-refractivity contribution in [2.75, 3.05) is 23.8 Å². The highest BCUT2D eigenvalue weighted by Gasteiger charge is 2.30. The van der Waals surface area contributed by atoms with Crippen LogP contribution in [0.5, 0.6) is 11.5 Å². The molecule has 1 amide bonds. The summed E-state index contributed by atoms with van der Waals surface area (Å²) in [7, 11) is -3.71. The molecule has 1 heterocycles. The number of fused-ring (bicyclic) bond motifs is 1. The second kappa shape index (κ2) is 8.51. The van der Waals surface area contributed by atoms with Crippen LogP contribution in [0.15, 0.2) is 42.5 Å². The van der Waals surface area contributed by atoms with Gasteiger partial charge in [-0.25, -0.2) is 8.42 Å². The highest BCUT2D eigenvalue weighted by atomic mass is 35.5. The number of halogens is 1. The lowest BCUT2D eigenvalue weighted by Gasteiger charge is -2.29. The van der Waals surface area contributed by atoms with Crippen LogP contribution in [-0.4, -0.2) is 39.8 Å². The Morgan fingerprint density at radius 1 is 1.10 bits per heavy atom. The van der Waals surface area contributed by atoms with Crippen LogP contribution in [0.25, 0.3) is 0 Å². The van der Waals surface area contributed by atoms with E-state index in [9.17, 15) is 13.2 Å². The first-order valence-electron chi connectivity index (χ1n) is 9.11. The number of carbonyl (C=O) groups is 1. The van der Waals surface area contributed by atoms with Gasteiger partial charge in [-0.2, -0.15) is 0 Å². The Kier molecular flexibility index (Phi) is 6.24. The topological polar surface area (TPSA) is 84.9 Å². The summed E-state index contributed by atoms with van der Waals surface area (Å²) in [6, 6.07) is 10.5. The summed E-state index contributed by atoms with van der Waals surface area (Å²) in [5, 5.41) is 3.25. The molecule has 1 N–H and O–H groups in total. The van der Waals surface area contributed by atoms with E-state index in [0.717, 1.165) is 16.1 Å². The molecule has 0 radical (unpaired) electrons. The highest BCUT2D eigenvalue weighted by Crippen LogP contribution is 2.32. The van der Waals surface area contributed by atoms with Gasteiger partial charge >= 0.3 is 0 Å². The van der Waals surface area contributed by atoms with Crippen molar-refractivity contribution >= 4 is 33.2 Å². The van der Waals surface area contributed by atoms with E-state index in [0.29, 0.717) is 35.4 Å². The average molecular weight is 439 g/mol. The minimum absolute atomic E-state index is 0.328. The van der Waals surface area contributed by atoms with E-state index in [1.807, 2.05) is 19.1 Å². The average Bonchev–Trinajstić information content (AvgIpc) is 2.66. The standard InChI is InChI=1S/C20H23ClN2O5S/c1-13(15-7-8-18-19(11-15)28-10-9-27-18)22-20(24)14(2)23(29(3,25)26)17-6-4-5-16(21)12-17/h4-8,11-14H,9-10H2,1-3H3,(H,22,24)/t13-,14-/m1/s1. The van der Waals surface area contributed by atoms with Gasteiger partial charge in [0.25, 0.3) is 0 Å². The zero-order chi connectivity index (χ0) is 21.2. The SMILES string of the molecule is C[C@H](C(=O)N[C@H](C)c1ccc2c(c1)OCCO2)N(c1cccc(Cl)c1)S(C)(=O)=O. The van der Waals surface area contributed by atoms with Crippen molar-refractivity contribution in [3.05, 3.63) is 53.1 Å². The van der Waals surface area contributed by atoms with E-state index < -0.39 is 22.0 Å². The Balaban J connectivity index is 1.79. The molecule has 9 heteroatoms. The predicted molar refractivity (Wildman–Crippen MR) is 112 cm³/mol. The van der Waals surface area contributed by atoms with Crippen molar-refractivity contribution in [3.8, 4) is 11.5 Å². The molecule has 0 spiro atoms. The van der Waals surface area contributed by atoms with E-state index in [2.05, 4.69) is 5.32 Å². The van der Waals surface area contributed by atoms with Crippen LogP contribution in [0.1, 0.15) is 25.5 Å². The summed E-state index contributed by atoms with van der Waals surface area (Å²) < 4.78 is 36.9. The molecule has 1 aliphatic heterocycles. The molecule has 0 saturated heterocycles. The van der Waals surface area contributed by atoms with Gasteiger partial charge in [0.1, 0.15) is 19.3 Å². The smallest absolute Gasteiger partial charge is 0.244 e. The third kappa shape index (κ3) is 4.94. The molecule has 3 rings (SSSR count). The second-order valence-corrected chi connectivity index (χ2v) is 9.14. The number of anilines is 1. The van der Waals surface area contributed by atoms with Crippen molar-refractivity contribution in [1.29, 1.82) is 0 Å². The molecule has 0 saturated carbocycles. The summed E-state index contributed by atoms with van der Waals surface area (Å²) in [4.78, 5) is 12.9. The Labute approximate surface area is 175 Å². The zero-order valence-corrected chi connectivity index (χ0v) is 18.0. The van der Waals surface area contributed by atoms with E-state index >= 15 is 0 Å². The fraction of sp³-hybridized carbons (Fsp3) is 0.350. The monoisotopic (exact) mass is 438 g/mol. The fourth-order valence-corrected chi connectivity index (χ4v) is 4.52. The molecule has 0 unspecified atom stereocenters. The van der Waals surface area contributed by atoms with Gasteiger partial charge in [-0.3, -0.25) is 9.10 Å². The van der Waals surface area contributed by atoms with Crippen molar-refractivity contribution in [2.24, 2.45) is 0 Å². The summed E-state index contributed by atoms with van der Waals surface area (Å²) in [6.45, 7) is 4.33. The van der Waals surface area contributed by atoms with Crippen molar-refractivity contribution in [2.45, 2.75) is 25.9 Å². The Morgan fingerprint density at radius 2 is 1.79 bits per heavy atom. The predicted octanol–water partition coefficient (Wildman–Crippen LogP) is 3.14. The first-order valence-corrected chi connectivity index (χ1v) is 11.3. The summed E-state index contributed by atoms with van der Waals surface area (Å²) in [5.74, 6) is 0.855. The molecule has 2 aromatic carbocycles. The quantitative estimate of drug-likeness (QED) is 0.748. The number of hydrogen-bond acceptors (Lipinski definition) is 5. The van der Waals surface area contributed by atoms with Crippen LogP contribution in [0.4, 0.5) is 5.69 Å². The first-order chi connectivity index (χ1) is 13.7. The van der Waals surface area contributed by atoms with Crippen LogP contribution >= 0.6 is 11.6 Å². The molecule has 1 aliphatic rings. The number of ether oxygens (including phenoxy) is 2. The number of benzene rings is 2. The normalized spacial score (nSPS) is 15.3. The summed E-state index contributed by atoms with van der Waals surface area (Å²) >= 11 is 6.00. The summed E-state index contributed by atoms with van der Waals surface area (Å²) in [5.41, 5.74) is 1.15. The molecule has 0 aliphatic carbocycles. The van der Waals surface area contributed by atoms with Crippen molar-refractivity contribution < 1.29 is 22.7 Å². The maximum Gasteiger partial charge on any atom is 0.244 e. The van der Waals surface area contributed by atoms with Gasteiger partial charge in [-0.15, -0.1) is 0 Å². The molecular weight excluding hydrogens is 416 g/mol. The summed E-state index contributed by atoms with van der Waals surface area (Å²) in [6.07, 6.45) is 1.06. The molecular formula is C20H23ClN2O5S. The number of nitrogens with zero attached hydrogens (tertiary/aromatic N) is 1. The van der Waals surface area contributed by atoms with Gasteiger partial charge in [-0.05, 0) is 49.7 Å². The van der Waals surface area contributed by atoms with Crippen molar-refractivity contribution in [1.82, 2.24) is 5.32 Å². The van der Waals surface area contributed by atoms with Crippen LogP contribution in [0, 0.1) is 0 Å². The van der Waals surface area contributed by atoms with E-state index in [-0.39, 0.29) is 6.04 Å². The van der Waals surface area contributed by atoms with Gasteiger partial charge in [0.15, 0.2) is 11.5 Å². The molecule has 0 fully saturated rings. The molecule has 2 atom stereocenters. The van der Waals surface area contributed by atoms with Gasteiger partial charge in [0.2, 0.25) is 15.9 Å². The zero-order valence-electron chi connectivity index (χ0n) is 16.4. The molecule has 7 nitrogen and oxygen atoms in total. The fourth-order valence-electron chi connectivity index (χ4n) is 3.17. The maximum atomic E-state index is 12.9. The van der Waals surface area contributed by atoms with Gasteiger partial charge < -0.3 is 14.8 Å². The molecule has 156 valence electrons. The number of amides is 1. The van der Waals surface area contributed by atoms with Gasteiger partial charge in [0.05, 0.1) is 18.0 Å². The number of carbonyl (C=O) groups excluding carboxylic acids is 1. The third-order valence-electron chi connectivity index (χ3n) is 4.58. The third-order valence-corrected chi connectivity index (χ3v) is 6.05. The molecule has 0 bridgehead atoms. The lowest BCUT2D eigenvalue weighted by atomic mass is 10.1. The maximum absolute atomic E-state index is 12.9.